The van der Waals surface area contributed by atoms with Crippen LogP contribution < -0.4 is 5.32 Å². The lowest BCUT2D eigenvalue weighted by atomic mass is 10.2. The number of benzene rings is 1. The Bertz CT molecular complexity index is 519. The minimum absolute atomic E-state index is 0.125. The van der Waals surface area contributed by atoms with E-state index in [-0.39, 0.29) is 6.42 Å². The van der Waals surface area contributed by atoms with Crippen molar-refractivity contribution in [2.24, 2.45) is 0 Å². The van der Waals surface area contributed by atoms with E-state index in [1.807, 2.05) is 42.5 Å². The highest BCUT2D eigenvalue weighted by Gasteiger charge is 2.25. The van der Waals surface area contributed by atoms with Crippen molar-refractivity contribution in [1.29, 1.82) is 0 Å². The summed E-state index contributed by atoms with van der Waals surface area (Å²) in [5.74, 6) is 0. The third-order valence-electron chi connectivity index (χ3n) is 2.83. The van der Waals surface area contributed by atoms with Crippen LogP contribution in [0.5, 0.6) is 0 Å². The zero-order valence-electron chi connectivity index (χ0n) is 10.9. The molecule has 2 aromatic rings. The summed E-state index contributed by atoms with van der Waals surface area (Å²) in [7, 11) is 0. The number of rotatable bonds is 6. The fourth-order valence-electron chi connectivity index (χ4n) is 1.86. The summed E-state index contributed by atoms with van der Waals surface area (Å²) in [6.45, 7) is 1.01. The molecule has 0 fully saturated rings. The number of hydrogen-bond acceptors (Lipinski definition) is 2. The van der Waals surface area contributed by atoms with E-state index in [1.165, 1.54) is 10.4 Å². The van der Waals surface area contributed by atoms with Crippen LogP contribution >= 0.6 is 11.3 Å². The third kappa shape index (κ3) is 4.98. The standard InChI is InChI=1S/C15H16F3NS/c16-15(17,18)9-4-10-19-11-13-7-8-14(20-13)12-5-2-1-3-6-12/h1-3,5-8,19H,4,9-11H2. The average Bonchev–Trinajstić information content (AvgIpc) is 2.87. The maximum atomic E-state index is 12.0. The highest BCUT2D eigenvalue weighted by molar-refractivity contribution is 7.15. The molecule has 1 aromatic carbocycles. The van der Waals surface area contributed by atoms with Gasteiger partial charge in [0.05, 0.1) is 0 Å². The molecule has 0 radical (unpaired) electrons. The van der Waals surface area contributed by atoms with Crippen molar-refractivity contribution >= 4 is 11.3 Å². The quantitative estimate of drug-likeness (QED) is 0.752. The molecular formula is C15H16F3NS. The lowest BCUT2D eigenvalue weighted by molar-refractivity contribution is -0.135. The van der Waals surface area contributed by atoms with E-state index in [1.54, 1.807) is 11.3 Å². The first kappa shape index (κ1) is 15.1. The second kappa shape index (κ2) is 6.90. The topological polar surface area (TPSA) is 12.0 Å². The van der Waals surface area contributed by atoms with Crippen LogP contribution in [0.4, 0.5) is 13.2 Å². The molecule has 20 heavy (non-hydrogen) atoms. The smallest absolute Gasteiger partial charge is 0.312 e. The van der Waals surface area contributed by atoms with Crippen LogP contribution in [0.1, 0.15) is 17.7 Å². The fourth-order valence-corrected chi connectivity index (χ4v) is 2.84. The van der Waals surface area contributed by atoms with Gasteiger partial charge in [0.25, 0.3) is 0 Å². The van der Waals surface area contributed by atoms with Crippen LogP contribution in [0.2, 0.25) is 0 Å². The summed E-state index contributed by atoms with van der Waals surface area (Å²) in [6.07, 6.45) is -4.65. The van der Waals surface area contributed by atoms with Gasteiger partial charge in [0.1, 0.15) is 0 Å². The van der Waals surface area contributed by atoms with E-state index in [2.05, 4.69) is 5.32 Å². The minimum Gasteiger partial charge on any atom is -0.312 e. The highest BCUT2D eigenvalue weighted by atomic mass is 32.1. The third-order valence-corrected chi connectivity index (χ3v) is 3.97. The molecule has 0 saturated heterocycles. The highest BCUT2D eigenvalue weighted by Crippen LogP contribution is 2.27. The molecule has 0 aliphatic carbocycles. The average molecular weight is 299 g/mol. The first-order valence-electron chi connectivity index (χ1n) is 6.46. The summed E-state index contributed by atoms with van der Waals surface area (Å²) in [5, 5.41) is 3.05. The maximum Gasteiger partial charge on any atom is 0.389 e. The molecule has 1 nitrogen and oxygen atoms in total. The zero-order chi connectivity index (χ0) is 14.4. The monoisotopic (exact) mass is 299 g/mol. The first-order chi connectivity index (χ1) is 9.54. The van der Waals surface area contributed by atoms with Gasteiger partial charge >= 0.3 is 6.18 Å². The Morgan fingerprint density at radius 3 is 2.45 bits per heavy atom. The van der Waals surface area contributed by atoms with E-state index >= 15 is 0 Å². The Hall–Kier alpha value is -1.33. The Balaban J connectivity index is 1.76. The second-order valence-corrected chi connectivity index (χ2v) is 5.70. The van der Waals surface area contributed by atoms with Crippen LogP contribution in [0, 0.1) is 0 Å². The van der Waals surface area contributed by atoms with Gasteiger partial charge in [-0.05, 0) is 30.7 Å². The summed E-state index contributed by atoms with van der Waals surface area (Å²) in [5.41, 5.74) is 1.17. The van der Waals surface area contributed by atoms with Gasteiger partial charge in [-0.25, -0.2) is 0 Å². The zero-order valence-corrected chi connectivity index (χ0v) is 11.7. The van der Waals surface area contributed by atoms with Crippen LogP contribution in [0.3, 0.4) is 0 Å². The summed E-state index contributed by atoms with van der Waals surface area (Å²) in [4.78, 5) is 2.31. The van der Waals surface area contributed by atoms with Crippen molar-refractivity contribution in [3.8, 4) is 10.4 Å². The SMILES string of the molecule is FC(F)(F)CCCNCc1ccc(-c2ccccc2)s1. The van der Waals surface area contributed by atoms with Gasteiger partial charge in [-0.15, -0.1) is 11.3 Å². The summed E-state index contributed by atoms with van der Waals surface area (Å²) < 4.78 is 35.9. The Morgan fingerprint density at radius 2 is 1.75 bits per heavy atom. The van der Waals surface area contributed by atoms with Crippen molar-refractivity contribution in [1.82, 2.24) is 5.32 Å². The van der Waals surface area contributed by atoms with E-state index in [0.717, 1.165) is 4.88 Å². The van der Waals surface area contributed by atoms with E-state index in [4.69, 9.17) is 0 Å². The molecule has 0 amide bonds. The predicted octanol–water partition coefficient (Wildman–Crippen LogP) is 4.85. The number of halogens is 3. The molecular weight excluding hydrogens is 283 g/mol. The Kier molecular flexibility index (Phi) is 5.20. The van der Waals surface area contributed by atoms with Gasteiger partial charge in [0.15, 0.2) is 0 Å². The van der Waals surface area contributed by atoms with Crippen LogP contribution in [0.15, 0.2) is 42.5 Å². The molecule has 0 spiro atoms. The lowest BCUT2D eigenvalue weighted by Crippen LogP contribution is -2.17. The molecule has 0 unspecified atom stereocenters. The van der Waals surface area contributed by atoms with Gasteiger partial charge in [-0.1, -0.05) is 30.3 Å². The van der Waals surface area contributed by atoms with Crippen molar-refractivity contribution < 1.29 is 13.2 Å². The minimum atomic E-state index is -4.05. The fraction of sp³-hybridized carbons (Fsp3) is 0.333. The molecule has 108 valence electrons. The second-order valence-electron chi connectivity index (χ2n) is 4.53. The van der Waals surface area contributed by atoms with Crippen molar-refractivity contribution in [3.63, 3.8) is 0 Å². The Morgan fingerprint density at radius 1 is 1.00 bits per heavy atom. The number of thiophene rings is 1. The lowest BCUT2D eigenvalue weighted by Gasteiger charge is -2.06. The number of nitrogens with one attached hydrogen (secondary N) is 1. The molecule has 0 atom stereocenters. The van der Waals surface area contributed by atoms with Crippen LogP contribution in [0.25, 0.3) is 10.4 Å². The maximum absolute atomic E-state index is 12.0. The molecule has 1 aromatic heterocycles. The van der Waals surface area contributed by atoms with Gasteiger partial charge in [-0.2, -0.15) is 13.2 Å². The predicted molar refractivity (Wildman–Crippen MR) is 76.8 cm³/mol. The molecule has 0 aliphatic heterocycles. The molecule has 0 aliphatic rings. The number of hydrogen-bond donors (Lipinski definition) is 1. The van der Waals surface area contributed by atoms with Crippen LogP contribution in [-0.2, 0) is 6.54 Å². The summed E-state index contributed by atoms with van der Waals surface area (Å²) >= 11 is 1.66. The normalized spacial score (nSPS) is 11.8. The van der Waals surface area contributed by atoms with E-state index in [9.17, 15) is 13.2 Å². The molecule has 5 heteroatoms. The van der Waals surface area contributed by atoms with Crippen molar-refractivity contribution in [2.45, 2.75) is 25.6 Å². The van der Waals surface area contributed by atoms with Gasteiger partial charge in [-0.3, -0.25) is 0 Å². The molecule has 0 bridgehead atoms. The van der Waals surface area contributed by atoms with E-state index < -0.39 is 12.6 Å². The number of alkyl halides is 3. The molecule has 1 heterocycles. The van der Waals surface area contributed by atoms with E-state index in [0.29, 0.717) is 13.1 Å². The molecule has 1 N–H and O–H groups in total. The van der Waals surface area contributed by atoms with Gasteiger partial charge < -0.3 is 5.32 Å². The first-order valence-corrected chi connectivity index (χ1v) is 7.28. The van der Waals surface area contributed by atoms with Gasteiger partial charge in [0.2, 0.25) is 0 Å². The largest absolute Gasteiger partial charge is 0.389 e. The van der Waals surface area contributed by atoms with Gasteiger partial charge in [0, 0.05) is 22.7 Å². The molecule has 0 saturated carbocycles. The van der Waals surface area contributed by atoms with Crippen LogP contribution in [-0.4, -0.2) is 12.7 Å². The summed E-state index contributed by atoms with van der Waals surface area (Å²) in [6, 6.07) is 14.1. The van der Waals surface area contributed by atoms with Crippen molar-refractivity contribution in [3.05, 3.63) is 47.3 Å². The molecule has 2 rings (SSSR count). The van der Waals surface area contributed by atoms with Crippen molar-refractivity contribution in [2.75, 3.05) is 6.54 Å². The Labute approximate surface area is 120 Å².